The summed E-state index contributed by atoms with van der Waals surface area (Å²) in [6.07, 6.45) is 4.99. The normalized spacial score (nSPS) is 13.4. The molecule has 0 saturated heterocycles. The van der Waals surface area contributed by atoms with Crippen molar-refractivity contribution in [3.8, 4) is 0 Å². The van der Waals surface area contributed by atoms with Gasteiger partial charge >= 0.3 is 37.9 Å². The van der Waals surface area contributed by atoms with E-state index in [4.69, 9.17) is 21.8 Å². The van der Waals surface area contributed by atoms with Crippen LogP contribution in [0.3, 0.4) is 0 Å². The summed E-state index contributed by atoms with van der Waals surface area (Å²) in [5, 5.41) is 8.98. The molecule has 0 bridgehead atoms. The third kappa shape index (κ3) is 6.95. The molecule has 0 aliphatic heterocycles. The van der Waals surface area contributed by atoms with Gasteiger partial charge in [0, 0.05) is 14.7 Å². The van der Waals surface area contributed by atoms with Gasteiger partial charge in [-0.3, -0.25) is 0 Å². The number of benzene rings is 2. The van der Waals surface area contributed by atoms with E-state index in [9.17, 15) is 0 Å². The molecule has 4 rings (SSSR count). The fourth-order valence-corrected chi connectivity index (χ4v) is 9.42. The third-order valence-corrected chi connectivity index (χ3v) is 11.2. The molecule has 1 unspecified atom stereocenters. The standard InChI is InChI=1S/C29H36OSi.2ClH.Zr/c1-29(2,3)30-21-13-5-6-14-22-31(4,23-15-7-8-16-23)28-26-19-11-9-17-24(26)25-18-10-12-20-27(25)28;;;/h7-12,15-20H,5-6,13-14,21-22H2,1-4H3;2*1H;/q-2;;;+4/p-2. The van der Waals surface area contributed by atoms with Gasteiger partial charge in [0.05, 0.1) is 5.60 Å². The van der Waals surface area contributed by atoms with Crippen LogP contribution in [-0.4, -0.2) is 20.3 Å². The van der Waals surface area contributed by atoms with Crippen LogP contribution in [-0.2, 0) is 25.6 Å². The molecule has 0 aliphatic rings. The number of rotatable bonds is 9. The van der Waals surface area contributed by atoms with E-state index < -0.39 is 28.9 Å². The van der Waals surface area contributed by atoms with Crippen LogP contribution < -0.4 is 10.4 Å². The van der Waals surface area contributed by atoms with Crippen LogP contribution in [0.4, 0.5) is 0 Å². The monoisotopic (exact) mass is 588 g/mol. The zero-order valence-electron chi connectivity index (χ0n) is 20.8. The molecule has 0 aromatic heterocycles. The first-order chi connectivity index (χ1) is 16.3. The minimum atomic E-state index is -1.86. The van der Waals surface area contributed by atoms with Gasteiger partial charge in [-0.05, 0) is 27.2 Å². The number of halogens is 2. The Labute approximate surface area is 225 Å². The van der Waals surface area contributed by atoms with E-state index in [0.717, 1.165) is 13.0 Å². The summed E-state index contributed by atoms with van der Waals surface area (Å²) in [5.41, 5.74) is -0.0246. The Morgan fingerprint density at radius 2 is 1.29 bits per heavy atom. The second-order valence-corrected chi connectivity index (χ2v) is 18.1. The van der Waals surface area contributed by atoms with Crippen LogP contribution in [0.25, 0.3) is 21.5 Å². The van der Waals surface area contributed by atoms with Gasteiger partial charge in [-0.15, -0.1) is 38.9 Å². The summed E-state index contributed by atoms with van der Waals surface area (Å²) in [6.45, 7) is 9.88. The van der Waals surface area contributed by atoms with E-state index in [1.54, 1.807) is 10.4 Å². The first-order valence-electron chi connectivity index (χ1n) is 12.2. The predicted octanol–water partition coefficient (Wildman–Crippen LogP) is 8.38. The van der Waals surface area contributed by atoms with Crippen LogP contribution in [0.2, 0.25) is 12.6 Å². The van der Waals surface area contributed by atoms with Crippen molar-refractivity contribution < 1.29 is 25.6 Å². The van der Waals surface area contributed by atoms with E-state index in [1.807, 2.05) is 0 Å². The molecular formula is C29H36Cl2OSiZr. The molecular weight excluding hydrogens is 555 g/mol. The zero-order valence-corrected chi connectivity index (χ0v) is 25.8. The van der Waals surface area contributed by atoms with Gasteiger partial charge in [-0.1, -0.05) is 68.3 Å². The summed E-state index contributed by atoms with van der Waals surface area (Å²) in [6, 6.07) is 28.6. The van der Waals surface area contributed by atoms with Crippen LogP contribution in [0.5, 0.6) is 0 Å². The third-order valence-electron chi connectivity index (χ3n) is 6.64. The first kappa shape index (κ1) is 27.9. The second-order valence-electron chi connectivity index (χ2n) is 10.2. The Bertz CT molecular complexity index is 1090. The van der Waals surface area contributed by atoms with Crippen LogP contribution in [0.1, 0.15) is 46.5 Å². The maximum absolute atomic E-state index is 5.90. The Kier molecular flexibility index (Phi) is 10.7. The van der Waals surface area contributed by atoms with Crippen LogP contribution >= 0.6 is 17.0 Å². The topological polar surface area (TPSA) is 9.23 Å². The second kappa shape index (κ2) is 13.0. The first-order valence-corrected chi connectivity index (χ1v) is 21.2. The van der Waals surface area contributed by atoms with Gasteiger partial charge in [0.15, 0.2) is 0 Å². The van der Waals surface area contributed by atoms with Crippen LogP contribution in [0.15, 0.2) is 72.8 Å². The molecule has 1 nitrogen and oxygen atoms in total. The van der Waals surface area contributed by atoms with E-state index in [2.05, 4.69) is 100 Å². The van der Waals surface area contributed by atoms with Crippen molar-refractivity contribution in [1.29, 1.82) is 0 Å². The molecule has 180 valence electrons. The van der Waals surface area contributed by atoms with Gasteiger partial charge in [-0.2, -0.15) is 17.3 Å². The average Bonchev–Trinajstić information content (AvgIpc) is 3.45. The van der Waals surface area contributed by atoms with Gasteiger partial charge in [0.1, 0.15) is 0 Å². The molecule has 0 radical (unpaired) electrons. The molecule has 0 saturated carbocycles. The Morgan fingerprint density at radius 1 is 0.794 bits per heavy atom. The molecule has 0 amide bonds. The predicted molar refractivity (Wildman–Crippen MR) is 151 cm³/mol. The van der Waals surface area contributed by atoms with Crippen molar-refractivity contribution in [2.75, 3.05) is 6.61 Å². The Balaban J connectivity index is 0.00000103. The number of unbranched alkanes of at least 4 members (excludes halogenated alkanes) is 3. The Hall–Kier alpha value is -0.700. The summed E-state index contributed by atoms with van der Waals surface area (Å²) >= 11 is -0.826. The van der Waals surface area contributed by atoms with E-state index in [1.165, 1.54) is 46.9 Å². The maximum atomic E-state index is 5.90. The molecule has 0 fully saturated rings. The molecule has 0 heterocycles. The molecule has 0 spiro atoms. The van der Waals surface area contributed by atoms with E-state index in [-0.39, 0.29) is 5.60 Å². The molecule has 4 aromatic rings. The Morgan fingerprint density at radius 3 is 1.82 bits per heavy atom. The van der Waals surface area contributed by atoms with Crippen molar-refractivity contribution in [2.24, 2.45) is 0 Å². The van der Waals surface area contributed by atoms with Crippen molar-refractivity contribution in [3.05, 3.63) is 72.8 Å². The summed E-state index contributed by atoms with van der Waals surface area (Å²) in [4.78, 5) is 0. The average molecular weight is 591 g/mol. The zero-order chi connectivity index (χ0) is 24.6. The molecule has 0 N–H and O–H groups in total. The summed E-state index contributed by atoms with van der Waals surface area (Å²) in [5.74, 6) is 0. The van der Waals surface area contributed by atoms with Crippen molar-refractivity contribution >= 4 is 57.0 Å². The fourth-order valence-electron chi connectivity index (χ4n) is 5.08. The van der Waals surface area contributed by atoms with Gasteiger partial charge in [-0.25, -0.2) is 12.1 Å². The molecule has 1 atom stereocenters. The van der Waals surface area contributed by atoms with Gasteiger partial charge in [0.2, 0.25) is 0 Å². The van der Waals surface area contributed by atoms with E-state index in [0.29, 0.717) is 0 Å². The SMILES string of the molecule is CC(C)(C)OCCCCCC[Si](C)([c-]1cccc1)[c-]1c2ccccc2c2ccccc21.[Cl][Zr+2][Cl]. The summed E-state index contributed by atoms with van der Waals surface area (Å²) in [7, 11) is 8.01. The fraction of sp³-hybridized carbons (Fsp3) is 0.379. The molecule has 34 heavy (non-hydrogen) atoms. The van der Waals surface area contributed by atoms with E-state index >= 15 is 0 Å². The molecule has 4 aromatic carbocycles. The molecule has 0 aliphatic carbocycles. The number of hydrogen-bond donors (Lipinski definition) is 0. The quantitative estimate of drug-likeness (QED) is 0.108. The van der Waals surface area contributed by atoms with Gasteiger partial charge < -0.3 is 4.74 Å². The summed E-state index contributed by atoms with van der Waals surface area (Å²) < 4.78 is 5.90. The number of hydrogen-bond acceptors (Lipinski definition) is 1. The number of fused-ring (bicyclic) bond motifs is 3. The van der Waals surface area contributed by atoms with Crippen molar-refractivity contribution in [2.45, 2.75) is 64.6 Å². The van der Waals surface area contributed by atoms with Gasteiger partial charge in [0.25, 0.3) is 0 Å². The van der Waals surface area contributed by atoms with Crippen LogP contribution in [0, 0.1) is 0 Å². The minimum absolute atomic E-state index is 0.0246. The molecule has 5 heteroatoms. The van der Waals surface area contributed by atoms with Crippen molar-refractivity contribution in [3.63, 3.8) is 0 Å². The van der Waals surface area contributed by atoms with Crippen molar-refractivity contribution in [1.82, 2.24) is 0 Å². The number of ether oxygens (including phenoxy) is 1.